The van der Waals surface area contributed by atoms with E-state index < -0.39 is 11.4 Å². The van der Waals surface area contributed by atoms with Crippen molar-refractivity contribution in [3.8, 4) is 0 Å². The predicted molar refractivity (Wildman–Crippen MR) is 226 cm³/mol. The van der Waals surface area contributed by atoms with Gasteiger partial charge in [0.1, 0.15) is 0 Å². The number of aliphatic hydroxyl groups excluding tert-OH is 1. The van der Waals surface area contributed by atoms with Crippen LogP contribution in [0.3, 0.4) is 0 Å². The second-order valence-corrected chi connectivity index (χ2v) is 20.9. The van der Waals surface area contributed by atoms with Crippen LogP contribution in [0.2, 0.25) is 0 Å². The Balaban J connectivity index is 1.31. The van der Waals surface area contributed by atoms with Gasteiger partial charge >= 0.3 is 5.97 Å². The van der Waals surface area contributed by atoms with Crippen molar-refractivity contribution in [1.29, 1.82) is 0 Å². The van der Waals surface area contributed by atoms with Gasteiger partial charge in [-0.25, -0.2) is 0 Å². The second kappa shape index (κ2) is 16.6. The fourth-order valence-electron chi connectivity index (χ4n) is 14.7. The van der Waals surface area contributed by atoms with Gasteiger partial charge in [0.25, 0.3) is 0 Å². The number of imide groups is 1. The minimum atomic E-state index is -0.931. The number of carboxylic acid groups (broad SMARTS) is 1. The van der Waals surface area contributed by atoms with E-state index in [4.69, 9.17) is 5.73 Å². The molecule has 6 rings (SSSR count). The third-order valence-corrected chi connectivity index (χ3v) is 17.8. The lowest BCUT2D eigenvalue weighted by atomic mass is 9.32. The van der Waals surface area contributed by atoms with Crippen LogP contribution in [-0.4, -0.2) is 40.6 Å². The number of allylic oxidation sites excluding steroid dienone is 1. The Kier molecular flexibility index (Phi) is 12.8. The topological polar surface area (TPSA) is 121 Å². The predicted octanol–water partition coefficient (Wildman–Crippen LogP) is 10.7. The van der Waals surface area contributed by atoms with Gasteiger partial charge in [0.15, 0.2) is 0 Å². The highest BCUT2D eigenvalue weighted by Gasteiger charge is 2.72. The van der Waals surface area contributed by atoms with E-state index in [9.17, 15) is 19.8 Å². The Morgan fingerprint density at radius 2 is 1.48 bits per heavy atom. The molecule has 5 aliphatic rings. The molecule has 0 radical (unpaired) electrons. The van der Waals surface area contributed by atoms with Crippen molar-refractivity contribution in [2.45, 2.75) is 176 Å². The summed E-state index contributed by atoms with van der Waals surface area (Å²) in [5.74, 6) is 0.582. The molecule has 2 amide bonds. The molecule has 4 N–H and O–H groups in total. The number of nitrogens with two attached hydrogens (primary N) is 1. The fourth-order valence-corrected chi connectivity index (χ4v) is 14.7. The minimum Gasteiger partial charge on any atom is -0.481 e. The average Bonchev–Trinajstić information content (AvgIpc) is 3.54. The molecule has 0 aromatic heterocycles. The van der Waals surface area contributed by atoms with Crippen LogP contribution in [0.4, 0.5) is 5.69 Å². The van der Waals surface area contributed by atoms with Gasteiger partial charge in [-0.2, -0.15) is 0 Å². The number of aliphatic carboxylic acids is 1. The van der Waals surface area contributed by atoms with E-state index in [1.807, 2.05) is 6.07 Å². The van der Waals surface area contributed by atoms with Crippen LogP contribution in [0.25, 0.3) is 0 Å². The van der Waals surface area contributed by atoms with Crippen molar-refractivity contribution in [2.24, 2.45) is 62.4 Å². The maximum atomic E-state index is 15.7. The van der Waals surface area contributed by atoms with Crippen LogP contribution in [-0.2, 0) is 20.8 Å². The monoisotopic (exact) mass is 773 g/mol. The number of amides is 2. The number of rotatable bonds is 15. The zero-order chi connectivity index (χ0) is 40.7. The largest absolute Gasteiger partial charge is 0.481 e. The lowest BCUT2D eigenvalue weighted by molar-refractivity contribution is -0.246. The second-order valence-electron chi connectivity index (χ2n) is 20.9. The molecule has 0 spiro atoms. The summed E-state index contributed by atoms with van der Waals surface area (Å²) in [6, 6.07) is 7.18. The van der Waals surface area contributed by atoms with E-state index in [1.165, 1.54) is 24.2 Å². The molecule has 1 aromatic rings. The molecule has 7 nitrogen and oxygen atoms in total. The zero-order valence-corrected chi connectivity index (χ0v) is 36.0. The Morgan fingerprint density at radius 1 is 0.804 bits per heavy atom. The number of carbonyl (C=O) groups excluding carboxylic acids is 2. The van der Waals surface area contributed by atoms with Crippen LogP contribution in [0.5, 0.6) is 0 Å². The van der Waals surface area contributed by atoms with Gasteiger partial charge in [0, 0.05) is 6.42 Å². The van der Waals surface area contributed by atoms with Crippen molar-refractivity contribution < 1.29 is 24.6 Å². The SMILES string of the molecule is C=C(C)[C@@H]1CC[C@]2(C(=O)N(C(=O)CCCCCCCCCCN)c3cccc(CC(=O)O)c3)CC[C@]3(C)[C@H](CCC4[C@@]5(C)CC[C@H](O)C(C)(C)[C@@H]5CC[C@]43C)[C@@H]12. The Bertz CT molecular complexity index is 1620. The van der Waals surface area contributed by atoms with Gasteiger partial charge in [0.2, 0.25) is 11.8 Å². The summed E-state index contributed by atoms with van der Waals surface area (Å²) >= 11 is 0. The van der Waals surface area contributed by atoms with Crippen molar-refractivity contribution in [3.63, 3.8) is 0 Å². The molecular weight excluding hydrogens is 697 g/mol. The maximum Gasteiger partial charge on any atom is 0.307 e. The molecule has 5 aliphatic carbocycles. The molecule has 56 heavy (non-hydrogen) atoms. The zero-order valence-electron chi connectivity index (χ0n) is 36.0. The lowest BCUT2D eigenvalue weighted by Crippen LogP contribution is -2.67. The summed E-state index contributed by atoms with van der Waals surface area (Å²) in [5.41, 5.74) is 7.48. The summed E-state index contributed by atoms with van der Waals surface area (Å²) in [6.07, 6.45) is 18.3. The first-order chi connectivity index (χ1) is 26.5. The van der Waals surface area contributed by atoms with Gasteiger partial charge in [0.05, 0.1) is 23.6 Å². The number of aliphatic hydroxyl groups is 1. The number of hydrogen-bond acceptors (Lipinski definition) is 5. The molecular formula is C49H76N2O5. The Labute approximate surface area is 339 Å². The van der Waals surface area contributed by atoms with Crippen molar-refractivity contribution >= 4 is 23.5 Å². The summed E-state index contributed by atoms with van der Waals surface area (Å²) < 4.78 is 0. The summed E-state index contributed by atoms with van der Waals surface area (Å²) in [5, 5.41) is 20.8. The van der Waals surface area contributed by atoms with Crippen LogP contribution in [0.15, 0.2) is 36.4 Å². The number of carbonyl (C=O) groups is 3. The fraction of sp³-hybridized carbons (Fsp3) is 0.776. The van der Waals surface area contributed by atoms with Gasteiger partial charge in [-0.1, -0.05) is 97.4 Å². The molecule has 5 saturated carbocycles. The third kappa shape index (κ3) is 7.37. The number of unbranched alkanes of at least 4 members (excludes halogenated alkanes) is 7. The number of hydrogen-bond donors (Lipinski definition) is 3. The van der Waals surface area contributed by atoms with Gasteiger partial charge in [-0.05, 0) is 159 Å². The number of nitrogens with zero attached hydrogens (tertiary/aromatic N) is 1. The Morgan fingerprint density at radius 3 is 2.14 bits per heavy atom. The first kappa shape index (κ1) is 43.1. The maximum absolute atomic E-state index is 15.7. The summed E-state index contributed by atoms with van der Waals surface area (Å²) in [4.78, 5) is 43.5. The molecule has 5 fully saturated rings. The van der Waals surface area contributed by atoms with Gasteiger partial charge < -0.3 is 15.9 Å². The van der Waals surface area contributed by atoms with Crippen molar-refractivity contribution in [3.05, 3.63) is 42.0 Å². The molecule has 1 aromatic carbocycles. The molecule has 312 valence electrons. The smallest absolute Gasteiger partial charge is 0.307 e. The number of benzene rings is 1. The van der Waals surface area contributed by atoms with E-state index in [0.717, 1.165) is 108 Å². The van der Waals surface area contributed by atoms with Crippen LogP contribution in [0, 0.1) is 56.7 Å². The molecule has 0 saturated heterocycles. The molecule has 10 atom stereocenters. The third-order valence-electron chi connectivity index (χ3n) is 17.8. The normalized spacial score (nSPS) is 37.1. The highest BCUT2D eigenvalue weighted by atomic mass is 16.4. The number of carboxylic acids is 1. The minimum absolute atomic E-state index is 0.0388. The molecule has 0 heterocycles. The van der Waals surface area contributed by atoms with Crippen LogP contribution < -0.4 is 10.6 Å². The highest BCUT2D eigenvalue weighted by molar-refractivity contribution is 6.17. The Hall–Kier alpha value is -2.51. The number of fused-ring (bicyclic) bond motifs is 7. The van der Waals surface area contributed by atoms with Gasteiger partial charge in [-0.3, -0.25) is 19.3 Å². The first-order valence-electron chi connectivity index (χ1n) is 22.7. The quantitative estimate of drug-likeness (QED) is 0.121. The van der Waals surface area contributed by atoms with Crippen LogP contribution in [0.1, 0.15) is 169 Å². The lowest BCUT2D eigenvalue weighted by Gasteiger charge is -2.72. The molecule has 0 bridgehead atoms. The van der Waals surface area contributed by atoms with Gasteiger partial charge in [-0.15, -0.1) is 0 Å². The summed E-state index contributed by atoms with van der Waals surface area (Å²) in [7, 11) is 0. The van der Waals surface area contributed by atoms with Crippen molar-refractivity contribution in [2.75, 3.05) is 11.4 Å². The highest BCUT2D eigenvalue weighted by Crippen LogP contribution is 2.77. The van der Waals surface area contributed by atoms with E-state index >= 15 is 4.79 Å². The molecule has 0 aliphatic heterocycles. The van der Waals surface area contributed by atoms with E-state index in [1.54, 1.807) is 18.2 Å². The molecule has 1 unspecified atom stereocenters. The van der Waals surface area contributed by atoms with E-state index in [-0.39, 0.29) is 57.8 Å². The van der Waals surface area contributed by atoms with E-state index in [0.29, 0.717) is 35.4 Å². The molecule has 7 heteroatoms. The summed E-state index contributed by atoms with van der Waals surface area (Å²) in [6.45, 7) is 19.8. The van der Waals surface area contributed by atoms with Crippen LogP contribution >= 0.6 is 0 Å². The van der Waals surface area contributed by atoms with E-state index in [2.05, 4.69) is 48.1 Å². The average molecular weight is 773 g/mol. The number of anilines is 1. The standard InChI is InChI=1S/C49H76N2O5/c1-33(2)36-22-27-49(44(56)51(35-18-16-17-34(31-35)32-42(54)55)41(53)19-14-12-10-8-9-11-13-15-30-50)29-28-47(6)37(43(36)49)20-21-39-46(5)25-24-40(52)45(3,4)38(46)23-26-48(39,47)7/h16-18,31,36-40,43,52H,1,8-15,19-30,32,50H2,2-7H3,(H,54,55)/t36-,37+,38-,39?,40-,43+,46-,47+,48+,49-/m0/s1. The van der Waals surface area contributed by atoms with Crippen molar-refractivity contribution in [1.82, 2.24) is 0 Å². The first-order valence-corrected chi connectivity index (χ1v) is 22.7.